The number of rotatable bonds is 4. The number of carbonyl (C=O) groups is 1. The molecule has 34 heavy (non-hydrogen) atoms. The van der Waals surface area contributed by atoms with Crippen LogP contribution in [-0.4, -0.2) is 69.2 Å². The van der Waals surface area contributed by atoms with E-state index in [1.54, 1.807) is 35.2 Å². The number of hydrogen-bond acceptors (Lipinski definition) is 5. The third-order valence-electron chi connectivity index (χ3n) is 5.81. The van der Waals surface area contributed by atoms with Crippen molar-refractivity contribution in [3.63, 3.8) is 0 Å². The van der Waals surface area contributed by atoms with Gasteiger partial charge < -0.3 is 9.64 Å². The molecule has 2 aliphatic rings. The van der Waals surface area contributed by atoms with Gasteiger partial charge in [-0.3, -0.25) is 4.90 Å². The van der Waals surface area contributed by atoms with Crippen LogP contribution < -0.4 is 8.61 Å². The van der Waals surface area contributed by atoms with E-state index in [9.17, 15) is 17.6 Å². The maximum atomic E-state index is 14.6. The fraction of sp³-hybridized carbons (Fsp3) is 0.458. The molecule has 0 N–H and O–H groups in total. The summed E-state index contributed by atoms with van der Waals surface area (Å²) in [6, 6.07) is 12.8. The van der Waals surface area contributed by atoms with E-state index in [2.05, 4.69) is 4.90 Å². The molecule has 1 fully saturated rings. The van der Waals surface area contributed by atoms with E-state index in [0.29, 0.717) is 37.6 Å². The summed E-state index contributed by atoms with van der Waals surface area (Å²) in [7, 11) is -4.00. The Morgan fingerprint density at radius 1 is 0.912 bits per heavy atom. The Balaban J connectivity index is 1.47. The number of benzene rings is 2. The zero-order chi connectivity index (χ0) is 24.5. The number of para-hydroxylation sites is 3. The minimum atomic E-state index is -4.00. The highest BCUT2D eigenvalue weighted by molar-refractivity contribution is 7.95. The monoisotopic (exact) mass is 490 g/mol. The summed E-state index contributed by atoms with van der Waals surface area (Å²) in [5.41, 5.74) is 0.403. The quantitative estimate of drug-likeness (QED) is 0.649. The maximum Gasteiger partial charge on any atom is 0.410 e. The molecule has 0 atom stereocenters. The third kappa shape index (κ3) is 4.97. The minimum Gasteiger partial charge on any atom is -0.444 e. The van der Waals surface area contributed by atoms with Crippen LogP contribution in [0.5, 0.6) is 0 Å². The van der Waals surface area contributed by atoms with E-state index in [1.807, 2.05) is 20.8 Å². The molecule has 1 saturated heterocycles. The van der Waals surface area contributed by atoms with Crippen LogP contribution in [0.15, 0.2) is 48.5 Å². The normalized spacial score (nSPS) is 18.5. The predicted molar refractivity (Wildman–Crippen MR) is 130 cm³/mol. The Morgan fingerprint density at radius 2 is 1.56 bits per heavy atom. The number of anilines is 3. The van der Waals surface area contributed by atoms with E-state index < -0.39 is 21.6 Å². The lowest BCUT2D eigenvalue weighted by atomic mass is 10.2. The van der Waals surface area contributed by atoms with Gasteiger partial charge in [-0.2, -0.15) is 8.42 Å². The summed E-state index contributed by atoms with van der Waals surface area (Å²) in [6.07, 6.45) is 0.440. The first-order valence-corrected chi connectivity index (χ1v) is 12.8. The van der Waals surface area contributed by atoms with Crippen molar-refractivity contribution >= 4 is 33.4 Å². The van der Waals surface area contributed by atoms with Crippen LogP contribution in [0, 0.1) is 5.82 Å². The van der Waals surface area contributed by atoms with Gasteiger partial charge in [0.1, 0.15) is 11.4 Å². The van der Waals surface area contributed by atoms with Crippen molar-refractivity contribution in [1.82, 2.24) is 9.80 Å². The second-order valence-electron chi connectivity index (χ2n) is 9.45. The van der Waals surface area contributed by atoms with Crippen molar-refractivity contribution in [2.75, 3.05) is 47.9 Å². The molecule has 2 aromatic rings. The molecule has 0 radical (unpaired) electrons. The van der Waals surface area contributed by atoms with Crippen molar-refractivity contribution in [2.24, 2.45) is 0 Å². The molecule has 184 valence electrons. The van der Waals surface area contributed by atoms with Crippen LogP contribution in [0.4, 0.5) is 26.2 Å². The number of hydrogen-bond donors (Lipinski definition) is 0. The Morgan fingerprint density at radius 3 is 2.24 bits per heavy atom. The summed E-state index contributed by atoms with van der Waals surface area (Å²) in [5.74, 6) is -0.600. The summed E-state index contributed by atoms with van der Waals surface area (Å²) in [4.78, 5) is 16.3. The fourth-order valence-corrected chi connectivity index (χ4v) is 5.95. The summed E-state index contributed by atoms with van der Waals surface area (Å²) in [6.45, 7) is 8.70. The predicted octanol–water partition coefficient (Wildman–Crippen LogP) is 3.97. The number of nitrogens with zero attached hydrogens (tertiary/aromatic N) is 4. The molecule has 0 aromatic heterocycles. The molecular formula is C24H31FN4O4S. The van der Waals surface area contributed by atoms with E-state index in [1.165, 1.54) is 22.5 Å². The van der Waals surface area contributed by atoms with Gasteiger partial charge in [0, 0.05) is 32.7 Å². The SMILES string of the molecule is CC(C)(C)OC(=O)N1CCCN(CCN2c3ccccc3N(c3ccccc3F)S2(=O)=O)CC1. The highest BCUT2D eigenvalue weighted by Crippen LogP contribution is 2.45. The Labute approximate surface area is 200 Å². The molecule has 2 aliphatic heterocycles. The third-order valence-corrected chi connectivity index (χ3v) is 7.60. The maximum absolute atomic E-state index is 14.6. The Bertz CT molecular complexity index is 1150. The van der Waals surface area contributed by atoms with Crippen LogP contribution in [0.1, 0.15) is 27.2 Å². The van der Waals surface area contributed by atoms with E-state index in [4.69, 9.17) is 4.74 Å². The van der Waals surface area contributed by atoms with Gasteiger partial charge >= 0.3 is 16.3 Å². The Hall–Kier alpha value is -2.85. The number of ether oxygens (including phenoxy) is 1. The highest BCUT2D eigenvalue weighted by atomic mass is 32.2. The summed E-state index contributed by atoms with van der Waals surface area (Å²) < 4.78 is 49.5. The zero-order valence-electron chi connectivity index (χ0n) is 19.8. The van der Waals surface area contributed by atoms with Gasteiger partial charge in [-0.05, 0) is 58.0 Å². The van der Waals surface area contributed by atoms with Crippen molar-refractivity contribution in [3.05, 3.63) is 54.3 Å². The molecule has 2 heterocycles. The molecular weight excluding hydrogens is 459 g/mol. The summed E-state index contributed by atoms with van der Waals surface area (Å²) in [5, 5.41) is 0. The van der Waals surface area contributed by atoms with Crippen LogP contribution in [-0.2, 0) is 14.9 Å². The van der Waals surface area contributed by atoms with Gasteiger partial charge in [-0.25, -0.2) is 17.8 Å². The first-order chi connectivity index (χ1) is 16.1. The molecule has 0 spiro atoms. The van der Waals surface area contributed by atoms with Crippen LogP contribution >= 0.6 is 0 Å². The van der Waals surface area contributed by atoms with E-state index >= 15 is 0 Å². The number of halogens is 1. The molecule has 1 amide bonds. The van der Waals surface area contributed by atoms with E-state index in [0.717, 1.165) is 17.3 Å². The molecule has 0 saturated carbocycles. The second kappa shape index (κ2) is 9.42. The second-order valence-corrected chi connectivity index (χ2v) is 11.1. The first kappa shape index (κ1) is 24.3. The fourth-order valence-electron chi connectivity index (χ4n) is 4.24. The van der Waals surface area contributed by atoms with Gasteiger partial charge in [0.05, 0.1) is 17.1 Å². The van der Waals surface area contributed by atoms with E-state index in [-0.39, 0.29) is 18.3 Å². The van der Waals surface area contributed by atoms with Gasteiger partial charge in [0.25, 0.3) is 0 Å². The molecule has 4 rings (SSSR count). The molecule has 0 aliphatic carbocycles. The average molecular weight is 491 g/mol. The Kier molecular flexibility index (Phi) is 6.73. The van der Waals surface area contributed by atoms with Crippen LogP contribution in [0.3, 0.4) is 0 Å². The number of amides is 1. The molecule has 8 nitrogen and oxygen atoms in total. The van der Waals surface area contributed by atoms with Gasteiger partial charge in [-0.15, -0.1) is 0 Å². The van der Waals surface area contributed by atoms with Crippen molar-refractivity contribution in [2.45, 2.75) is 32.8 Å². The first-order valence-electron chi connectivity index (χ1n) is 11.4. The van der Waals surface area contributed by atoms with Crippen LogP contribution in [0.2, 0.25) is 0 Å². The van der Waals surface area contributed by atoms with Crippen LogP contribution in [0.25, 0.3) is 0 Å². The zero-order valence-corrected chi connectivity index (χ0v) is 20.6. The van der Waals surface area contributed by atoms with Crippen molar-refractivity contribution in [1.29, 1.82) is 0 Å². The average Bonchev–Trinajstić information content (AvgIpc) is 2.89. The molecule has 2 aromatic carbocycles. The molecule has 0 unspecified atom stereocenters. The largest absolute Gasteiger partial charge is 0.444 e. The van der Waals surface area contributed by atoms with Gasteiger partial charge in [-0.1, -0.05) is 24.3 Å². The number of fused-ring (bicyclic) bond motifs is 1. The van der Waals surface area contributed by atoms with Gasteiger partial charge in [0.2, 0.25) is 0 Å². The van der Waals surface area contributed by atoms with Gasteiger partial charge in [0.15, 0.2) is 0 Å². The lowest BCUT2D eigenvalue weighted by Gasteiger charge is -2.27. The number of carbonyl (C=O) groups excluding carboxylic acids is 1. The lowest BCUT2D eigenvalue weighted by molar-refractivity contribution is 0.0258. The van der Waals surface area contributed by atoms with Crippen molar-refractivity contribution in [3.8, 4) is 0 Å². The lowest BCUT2D eigenvalue weighted by Crippen LogP contribution is -2.42. The molecule has 0 bridgehead atoms. The highest BCUT2D eigenvalue weighted by Gasteiger charge is 2.42. The summed E-state index contributed by atoms with van der Waals surface area (Å²) >= 11 is 0. The minimum absolute atomic E-state index is 0.000208. The topological polar surface area (TPSA) is 73.4 Å². The van der Waals surface area contributed by atoms with Crippen molar-refractivity contribution < 1.29 is 22.3 Å². The smallest absolute Gasteiger partial charge is 0.410 e. The molecule has 10 heteroatoms. The standard InChI is InChI=1S/C24H31FN4O4S/c1-24(2,3)33-23(30)27-14-8-13-26(15-17-27)16-18-28-21-11-6-7-12-22(21)29(34(28,31)32)20-10-5-4-9-19(20)25/h4-7,9-12H,8,13-18H2,1-3H3.